The van der Waals surface area contributed by atoms with Crippen LogP contribution in [0.4, 0.5) is 0 Å². The van der Waals surface area contributed by atoms with Crippen LogP contribution in [0, 0.1) is 0 Å². The van der Waals surface area contributed by atoms with Gasteiger partial charge in [-0.1, -0.05) is 38.1 Å². The van der Waals surface area contributed by atoms with E-state index in [1.165, 1.54) is 11.1 Å². The average Bonchev–Trinajstić information content (AvgIpc) is 2.27. The fourth-order valence-corrected chi connectivity index (χ4v) is 1.42. The van der Waals surface area contributed by atoms with E-state index in [2.05, 4.69) is 43.4 Å². The maximum absolute atomic E-state index is 9.13. The zero-order chi connectivity index (χ0) is 12.2. The molecule has 2 nitrogen and oxygen atoms in total. The molecule has 16 heavy (non-hydrogen) atoms. The molecule has 0 saturated carbocycles. The summed E-state index contributed by atoms with van der Waals surface area (Å²) in [5, 5.41) is 12.5. The Bertz CT molecular complexity index is 314. The molecular formula is C14H23NO. The van der Waals surface area contributed by atoms with Gasteiger partial charge in [-0.05, 0) is 30.9 Å². The van der Waals surface area contributed by atoms with Gasteiger partial charge in [0.25, 0.3) is 0 Å². The van der Waals surface area contributed by atoms with E-state index in [0.29, 0.717) is 5.92 Å². The van der Waals surface area contributed by atoms with Crippen molar-refractivity contribution in [2.24, 2.45) is 0 Å². The highest BCUT2D eigenvalue weighted by molar-refractivity contribution is 5.24. The molecule has 90 valence electrons. The Morgan fingerprint density at radius 1 is 1.19 bits per heavy atom. The van der Waals surface area contributed by atoms with Crippen molar-refractivity contribution in [2.75, 3.05) is 6.61 Å². The first-order valence-electron chi connectivity index (χ1n) is 5.89. The molecule has 0 spiro atoms. The van der Waals surface area contributed by atoms with Crippen molar-refractivity contribution in [1.82, 2.24) is 5.32 Å². The van der Waals surface area contributed by atoms with Crippen molar-refractivity contribution in [1.29, 1.82) is 0 Å². The second-order valence-electron chi connectivity index (χ2n) is 5.29. The maximum Gasteiger partial charge on any atom is 0.0607 e. The standard InChI is InChI=1S/C14H23NO/c1-11(2)13-7-5-12(6-8-13)9-15-14(3,4)10-16/h5-8,11,15-16H,9-10H2,1-4H3. The summed E-state index contributed by atoms with van der Waals surface area (Å²) in [7, 11) is 0. The summed E-state index contributed by atoms with van der Waals surface area (Å²) in [4.78, 5) is 0. The van der Waals surface area contributed by atoms with Crippen LogP contribution >= 0.6 is 0 Å². The van der Waals surface area contributed by atoms with Crippen LogP contribution in [0.2, 0.25) is 0 Å². The molecule has 0 fully saturated rings. The molecule has 1 aromatic carbocycles. The number of hydrogen-bond acceptors (Lipinski definition) is 2. The van der Waals surface area contributed by atoms with Crippen LogP contribution < -0.4 is 5.32 Å². The lowest BCUT2D eigenvalue weighted by molar-refractivity contribution is 0.187. The predicted octanol–water partition coefficient (Wildman–Crippen LogP) is 2.67. The van der Waals surface area contributed by atoms with E-state index in [-0.39, 0.29) is 12.1 Å². The van der Waals surface area contributed by atoms with Crippen LogP contribution in [0.5, 0.6) is 0 Å². The first kappa shape index (κ1) is 13.2. The second-order valence-corrected chi connectivity index (χ2v) is 5.29. The molecule has 2 heteroatoms. The Morgan fingerprint density at radius 2 is 1.75 bits per heavy atom. The van der Waals surface area contributed by atoms with Gasteiger partial charge in [0.15, 0.2) is 0 Å². The van der Waals surface area contributed by atoms with E-state index >= 15 is 0 Å². The minimum Gasteiger partial charge on any atom is -0.394 e. The fraction of sp³-hybridized carbons (Fsp3) is 0.571. The van der Waals surface area contributed by atoms with Gasteiger partial charge in [0.05, 0.1) is 6.61 Å². The first-order chi connectivity index (χ1) is 7.44. The molecule has 0 aromatic heterocycles. The quantitative estimate of drug-likeness (QED) is 0.801. The minimum atomic E-state index is -0.212. The van der Waals surface area contributed by atoms with Gasteiger partial charge < -0.3 is 10.4 Å². The topological polar surface area (TPSA) is 32.3 Å². The van der Waals surface area contributed by atoms with Gasteiger partial charge in [0.2, 0.25) is 0 Å². The third kappa shape index (κ3) is 3.95. The van der Waals surface area contributed by atoms with Crippen LogP contribution in [0.25, 0.3) is 0 Å². The van der Waals surface area contributed by atoms with E-state index in [1.54, 1.807) is 0 Å². The van der Waals surface area contributed by atoms with E-state index in [0.717, 1.165) is 6.54 Å². The van der Waals surface area contributed by atoms with Gasteiger partial charge in [-0.3, -0.25) is 0 Å². The molecule has 1 rings (SSSR count). The van der Waals surface area contributed by atoms with Crippen LogP contribution in [0.15, 0.2) is 24.3 Å². The Kier molecular flexibility index (Phi) is 4.51. The molecule has 0 unspecified atom stereocenters. The predicted molar refractivity (Wildman–Crippen MR) is 68.5 cm³/mol. The van der Waals surface area contributed by atoms with Crippen LogP contribution in [-0.2, 0) is 6.54 Å². The highest BCUT2D eigenvalue weighted by atomic mass is 16.3. The Hall–Kier alpha value is -0.860. The summed E-state index contributed by atoms with van der Waals surface area (Å²) >= 11 is 0. The normalized spacial score (nSPS) is 12.1. The second kappa shape index (κ2) is 5.46. The molecule has 0 amide bonds. The zero-order valence-electron chi connectivity index (χ0n) is 10.7. The van der Waals surface area contributed by atoms with Crippen molar-refractivity contribution < 1.29 is 5.11 Å². The summed E-state index contributed by atoms with van der Waals surface area (Å²) in [5.41, 5.74) is 2.41. The molecule has 0 radical (unpaired) electrons. The Balaban J connectivity index is 2.56. The van der Waals surface area contributed by atoms with Gasteiger partial charge in [-0.15, -0.1) is 0 Å². The monoisotopic (exact) mass is 221 g/mol. The van der Waals surface area contributed by atoms with Gasteiger partial charge >= 0.3 is 0 Å². The van der Waals surface area contributed by atoms with E-state index < -0.39 is 0 Å². The van der Waals surface area contributed by atoms with Crippen LogP contribution in [0.1, 0.15) is 44.7 Å². The average molecular weight is 221 g/mol. The highest BCUT2D eigenvalue weighted by Crippen LogP contribution is 2.15. The molecule has 0 atom stereocenters. The molecule has 1 aromatic rings. The summed E-state index contributed by atoms with van der Waals surface area (Å²) in [6.45, 7) is 9.33. The third-order valence-corrected chi connectivity index (χ3v) is 2.81. The lowest BCUT2D eigenvalue weighted by Gasteiger charge is -2.23. The van der Waals surface area contributed by atoms with Crippen molar-refractivity contribution in [2.45, 2.75) is 45.7 Å². The molecule has 0 bridgehead atoms. The number of hydrogen-bond donors (Lipinski definition) is 2. The van der Waals surface area contributed by atoms with Gasteiger partial charge in [-0.25, -0.2) is 0 Å². The fourth-order valence-electron chi connectivity index (χ4n) is 1.42. The van der Waals surface area contributed by atoms with Gasteiger partial charge in [0, 0.05) is 12.1 Å². The Labute approximate surface area is 98.7 Å². The van der Waals surface area contributed by atoms with Gasteiger partial charge in [0.1, 0.15) is 0 Å². The lowest BCUT2D eigenvalue weighted by Crippen LogP contribution is -2.42. The summed E-state index contributed by atoms with van der Waals surface area (Å²) < 4.78 is 0. The molecular weight excluding hydrogens is 198 g/mol. The highest BCUT2D eigenvalue weighted by Gasteiger charge is 2.14. The summed E-state index contributed by atoms with van der Waals surface area (Å²) in [6, 6.07) is 8.65. The number of aliphatic hydroxyl groups is 1. The van der Waals surface area contributed by atoms with Crippen molar-refractivity contribution in [3.8, 4) is 0 Å². The maximum atomic E-state index is 9.13. The van der Waals surface area contributed by atoms with Gasteiger partial charge in [-0.2, -0.15) is 0 Å². The first-order valence-corrected chi connectivity index (χ1v) is 5.89. The molecule has 0 aliphatic heterocycles. The van der Waals surface area contributed by atoms with Crippen molar-refractivity contribution in [3.63, 3.8) is 0 Å². The van der Waals surface area contributed by atoms with E-state index in [1.807, 2.05) is 13.8 Å². The SMILES string of the molecule is CC(C)c1ccc(CNC(C)(C)CO)cc1. The molecule has 2 N–H and O–H groups in total. The van der Waals surface area contributed by atoms with Crippen molar-refractivity contribution >= 4 is 0 Å². The Morgan fingerprint density at radius 3 is 2.19 bits per heavy atom. The minimum absolute atomic E-state index is 0.150. The number of rotatable bonds is 5. The summed E-state index contributed by atoms with van der Waals surface area (Å²) in [5.74, 6) is 0.580. The zero-order valence-corrected chi connectivity index (χ0v) is 10.7. The van der Waals surface area contributed by atoms with Crippen molar-refractivity contribution in [3.05, 3.63) is 35.4 Å². The number of nitrogens with one attached hydrogen (secondary N) is 1. The number of benzene rings is 1. The van der Waals surface area contributed by atoms with E-state index in [9.17, 15) is 0 Å². The van der Waals surface area contributed by atoms with Crippen LogP contribution in [0.3, 0.4) is 0 Å². The van der Waals surface area contributed by atoms with E-state index in [4.69, 9.17) is 5.11 Å². The third-order valence-electron chi connectivity index (χ3n) is 2.81. The molecule has 0 heterocycles. The van der Waals surface area contributed by atoms with Crippen LogP contribution in [-0.4, -0.2) is 17.3 Å². The molecule has 0 aliphatic rings. The summed E-state index contributed by atoms with van der Waals surface area (Å²) in [6.07, 6.45) is 0. The number of aliphatic hydroxyl groups excluding tert-OH is 1. The smallest absolute Gasteiger partial charge is 0.0607 e. The molecule has 0 saturated heterocycles. The molecule has 0 aliphatic carbocycles. The lowest BCUT2D eigenvalue weighted by atomic mass is 10.0. The largest absolute Gasteiger partial charge is 0.394 e.